The SMILES string of the molecule is NC1CCC(Oc2cc3ccncc3cc2Cl)CC1. The maximum Gasteiger partial charge on any atom is 0.138 e. The molecule has 3 rings (SSSR count). The zero-order valence-corrected chi connectivity index (χ0v) is 11.4. The molecule has 4 heteroatoms. The van der Waals surface area contributed by atoms with E-state index in [0.717, 1.165) is 42.2 Å². The quantitative estimate of drug-likeness (QED) is 0.913. The first-order chi connectivity index (χ1) is 9.22. The fourth-order valence-electron chi connectivity index (χ4n) is 2.56. The summed E-state index contributed by atoms with van der Waals surface area (Å²) >= 11 is 6.27. The van der Waals surface area contributed by atoms with E-state index in [0.29, 0.717) is 11.1 Å². The monoisotopic (exact) mass is 276 g/mol. The van der Waals surface area contributed by atoms with Crippen molar-refractivity contribution in [1.82, 2.24) is 4.98 Å². The molecule has 0 saturated heterocycles. The Bertz CT molecular complexity index is 579. The number of hydrogen-bond donors (Lipinski definition) is 1. The highest BCUT2D eigenvalue weighted by molar-refractivity contribution is 6.32. The number of benzene rings is 1. The number of halogens is 1. The highest BCUT2D eigenvalue weighted by Crippen LogP contribution is 2.32. The number of pyridine rings is 1. The van der Waals surface area contributed by atoms with Gasteiger partial charge in [-0.25, -0.2) is 0 Å². The summed E-state index contributed by atoms with van der Waals surface area (Å²) in [5.74, 6) is 0.765. The van der Waals surface area contributed by atoms with Crippen LogP contribution in [0.1, 0.15) is 25.7 Å². The maximum absolute atomic E-state index is 6.27. The standard InChI is InChI=1S/C15H17ClN2O/c16-14-7-11-9-18-6-5-10(11)8-15(14)19-13-3-1-12(17)2-4-13/h5-9,12-13H,1-4,17H2. The minimum atomic E-state index is 0.233. The summed E-state index contributed by atoms with van der Waals surface area (Å²) in [7, 11) is 0. The van der Waals surface area contributed by atoms with Crippen molar-refractivity contribution >= 4 is 22.4 Å². The van der Waals surface area contributed by atoms with E-state index < -0.39 is 0 Å². The minimum Gasteiger partial charge on any atom is -0.489 e. The molecule has 1 aliphatic carbocycles. The van der Waals surface area contributed by atoms with Gasteiger partial charge in [-0.05, 0) is 49.3 Å². The third-order valence-electron chi connectivity index (χ3n) is 3.70. The van der Waals surface area contributed by atoms with E-state index in [1.807, 2.05) is 24.4 Å². The smallest absolute Gasteiger partial charge is 0.138 e. The van der Waals surface area contributed by atoms with E-state index in [1.54, 1.807) is 6.20 Å². The van der Waals surface area contributed by atoms with Crippen molar-refractivity contribution in [2.24, 2.45) is 5.73 Å². The van der Waals surface area contributed by atoms with E-state index in [9.17, 15) is 0 Å². The molecule has 2 N–H and O–H groups in total. The highest BCUT2D eigenvalue weighted by Gasteiger charge is 2.20. The Kier molecular flexibility index (Phi) is 3.58. The van der Waals surface area contributed by atoms with E-state index in [4.69, 9.17) is 22.1 Å². The van der Waals surface area contributed by atoms with Gasteiger partial charge in [-0.1, -0.05) is 11.6 Å². The molecule has 2 aromatic rings. The topological polar surface area (TPSA) is 48.1 Å². The maximum atomic E-state index is 6.27. The first-order valence-electron chi connectivity index (χ1n) is 6.68. The normalized spacial score (nSPS) is 23.5. The first kappa shape index (κ1) is 12.7. The van der Waals surface area contributed by atoms with Crippen molar-refractivity contribution in [3.05, 3.63) is 35.6 Å². The summed E-state index contributed by atoms with van der Waals surface area (Å²) in [4.78, 5) is 4.09. The summed E-state index contributed by atoms with van der Waals surface area (Å²) < 4.78 is 6.03. The third kappa shape index (κ3) is 2.82. The molecule has 1 aliphatic rings. The molecule has 0 radical (unpaired) electrons. The molecule has 0 aliphatic heterocycles. The molecule has 1 aromatic heterocycles. The molecule has 0 unspecified atom stereocenters. The Hall–Kier alpha value is -1.32. The number of nitrogens with zero attached hydrogens (tertiary/aromatic N) is 1. The van der Waals surface area contributed by atoms with Crippen LogP contribution in [0.4, 0.5) is 0 Å². The van der Waals surface area contributed by atoms with Gasteiger partial charge < -0.3 is 10.5 Å². The van der Waals surface area contributed by atoms with Crippen LogP contribution in [-0.2, 0) is 0 Å². The second kappa shape index (κ2) is 5.35. The van der Waals surface area contributed by atoms with Gasteiger partial charge in [-0.2, -0.15) is 0 Å². The Labute approximate surface area is 117 Å². The van der Waals surface area contributed by atoms with Crippen molar-refractivity contribution < 1.29 is 4.74 Å². The molecule has 0 amide bonds. The summed E-state index contributed by atoms with van der Waals surface area (Å²) in [5, 5.41) is 2.78. The largest absolute Gasteiger partial charge is 0.489 e. The lowest BCUT2D eigenvalue weighted by Crippen LogP contribution is -2.31. The van der Waals surface area contributed by atoms with Gasteiger partial charge >= 0.3 is 0 Å². The van der Waals surface area contributed by atoms with Crippen LogP contribution in [0.3, 0.4) is 0 Å². The summed E-state index contributed by atoms with van der Waals surface area (Å²) in [6, 6.07) is 6.20. The number of hydrogen-bond acceptors (Lipinski definition) is 3. The van der Waals surface area contributed by atoms with E-state index in [1.165, 1.54) is 0 Å². The van der Waals surface area contributed by atoms with Crippen molar-refractivity contribution in [3.63, 3.8) is 0 Å². The predicted molar refractivity (Wildman–Crippen MR) is 77.6 cm³/mol. The molecule has 0 spiro atoms. The van der Waals surface area contributed by atoms with E-state index >= 15 is 0 Å². The van der Waals surface area contributed by atoms with Crippen LogP contribution in [0, 0.1) is 0 Å². The van der Waals surface area contributed by atoms with Gasteiger partial charge in [0.15, 0.2) is 0 Å². The Morgan fingerprint density at radius 1 is 1.16 bits per heavy atom. The van der Waals surface area contributed by atoms with Crippen LogP contribution in [0.15, 0.2) is 30.6 Å². The van der Waals surface area contributed by atoms with Crippen LogP contribution in [0.5, 0.6) is 5.75 Å². The highest BCUT2D eigenvalue weighted by atomic mass is 35.5. The van der Waals surface area contributed by atoms with Crippen molar-refractivity contribution in [1.29, 1.82) is 0 Å². The first-order valence-corrected chi connectivity index (χ1v) is 7.05. The average molecular weight is 277 g/mol. The molecule has 1 fully saturated rings. The van der Waals surface area contributed by atoms with Crippen molar-refractivity contribution in [3.8, 4) is 5.75 Å². The van der Waals surface area contributed by atoms with Crippen molar-refractivity contribution in [2.75, 3.05) is 0 Å². The molecule has 19 heavy (non-hydrogen) atoms. The fraction of sp³-hybridized carbons (Fsp3) is 0.400. The van der Waals surface area contributed by atoms with Crippen LogP contribution >= 0.6 is 11.6 Å². The van der Waals surface area contributed by atoms with Gasteiger partial charge in [-0.3, -0.25) is 4.98 Å². The molecule has 0 bridgehead atoms. The van der Waals surface area contributed by atoms with Crippen LogP contribution < -0.4 is 10.5 Å². The van der Waals surface area contributed by atoms with Gasteiger partial charge in [0.25, 0.3) is 0 Å². The second-order valence-electron chi connectivity index (χ2n) is 5.16. The Morgan fingerprint density at radius 2 is 1.95 bits per heavy atom. The second-order valence-corrected chi connectivity index (χ2v) is 5.57. The van der Waals surface area contributed by atoms with Crippen LogP contribution in [-0.4, -0.2) is 17.1 Å². The molecule has 1 aromatic carbocycles. The molecular weight excluding hydrogens is 260 g/mol. The zero-order valence-electron chi connectivity index (χ0n) is 10.7. The van der Waals surface area contributed by atoms with Gasteiger partial charge in [-0.15, -0.1) is 0 Å². The number of aromatic nitrogens is 1. The Morgan fingerprint density at radius 3 is 2.74 bits per heavy atom. The number of ether oxygens (including phenoxy) is 1. The van der Waals surface area contributed by atoms with Crippen molar-refractivity contribution in [2.45, 2.75) is 37.8 Å². The average Bonchev–Trinajstić information content (AvgIpc) is 2.42. The summed E-state index contributed by atoms with van der Waals surface area (Å²) in [6.07, 6.45) is 7.89. The Balaban J connectivity index is 1.82. The fourth-order valence-corrected chi connectivity index (χ4v) is 2.78. The van der Waals surface area contributed by atoms with E-state index in [-0.39, 0.29) is 6.10 Å². The third-order valence-corrected chi connectivity index (χ3v) is 4.00. The van der Waals surface area contributed by atoms with E-state index in [2.05, 4.69) is 4.98 Å². The lowest BCUT2D eigenvalue weighted by atomic mass is 9.94. The van der Waals surface area contributed by atoms with Crippen LogP contribution in [0.2, 0.25) is 5.02 Å². The molecule has 3 nitrogen and oxygen atoms in total. The molecule has 100 valence electrons. The van der Waals surface area contributed by atoms with Gasteiger partial charge in [0.05, 0.1) is 11.1 Å². The molecular formula is C15H17ClN2O. The number of fused-ring (bicyclic) bond motifs is 1. The van der Waals surface area contributed by atoms with Gasteiger partial charge in [0.1, 0.15) is 5.75 Å². The number of rotatable bonds is 2. The number of nitrogens with two attached hydrogens (primary N) is 1. The van der Waals surface area contributed by atoms with Gasteiger partial charge in [0.2, 0.25) is 0 Å². The lowest BCUT2D eigenvalue weighted by molar-refractivity contribution is 0.147. The minimum absolute atomic E-state index is 0.233. The molecule has 1 saturated carbocycles. The predicted octanol–water partition coefficient (Wildman–Crippen LogP) is 3.54. The summed E-state index contributed by atoms with van der Waals surface area (Å²) in [6.45, 7) is 0. The molecule has 0 atom stereocenters. The zero-order chi connectivity index (χ0) is 13.2. The lowest BCUT2D eigenvalue weighted by Gasteiger charge is -2.27. The van der Waals surface area contributed by atoms with Crippen LogP contribution in [0.25, 0.3) is 10.8 Å². The van der Waals surface area contributed by atoms with Gasteiger partial charge in [0, 0.05) is 23.8 Å². The molecule has 1 heterocycles. The summed E-state index contributed by atoms with van der Waals surface area (Å²) in [5.41, 5.74) is 5.91.